The Morgan fingerprint density at radius 1 is 1.25 bits per heavy atom. The van der Waals surface area contributed by atoms with E-state index in [1.807, 2.05) is 11.3 Å². The zero-order valence-electron chi connectivity index (χ0n) is 13.8. The van der Waals surface area contributed by atoms with E-state index in [0.29, 0.717) is 10.8 Å². The van der Waals surface area contributed by atoms with Gasteiger partial charge in [-0.05, 0) is 62.8 Å². The van der Waals surface area contributed by atoms with Gasteiger partial charge in [0.05, 0.1) is 10.7 Å². The lowest BCUT2D eigenvalue weighted by atomic mass is 9.63. The highest BCUT2D eigenvalue weighted by molar-refractivity contribution is 7.11. The molecule has 1 aliphatic carbocycles. The maximum Gasteiger partial charge on any atom is 0.0936 e. The molecule has 20 heavy (non-hydrogen) atoms. The van der Waals surface area contributed by atoms with Crippen LogP contribution in [-0.4, -0.2) is 11.5 Å². The summed E-state index contributed by atoms with van der Waals surface area (Å²) in [5.41, 5.74) is 8.10. The van der Waals surface area contributed by atoms with Gasteiger partial charge < -0.3 is 5.73 Å². The second kappa shape index (κ2) is 5.76. The summed E-state index contributed by atoms with van der Waals surface area (Å²) in [7, 11) is 0. The van der Waals surface area contributed by atoms with Crippen LogP contribution in [0.4, 0.5) is 0 Å². The van der Waals surface area contributed by atoms with Crippen molar-refractivity contribution in [2.45, 2.75) is 66.7 Å². The Balaban J connectivity index is 2.05. The summed E-state index contributed by atoms with van der Waals surface area (Å²) in [6, 6.07) is 0. The van der Waals surface area contributed by atoms with E-state index >= 15 is 0 Å². The highest BCUT2D eigenvalue weighted by Gasteiger charge is 2.38. The molecule has 2 N–H and O–H groups in total. The zero-order valence-corrected chi connectivity index (χ0v) is 14.6. The molecule has 0 spiro atoms. The van der Waals surface area contributed by atoms with Crippen molar-refractivity contribution in [1.82, 2.24) is 4.98 Å². The minimum absolute atomic E-state index is 0.304. The maximum absolute atomic E-state index is 6.16. The smallest absolute Gasteiger partial charge is 0.0936 e. The van der Waals surface area contributed by atoms with Crippen LogP contribution in [0.15, 0.2) is 0 Å². The molecule has 1 fully saturated rings. The summed E-state index contributed by atoms with van der Waals surface area (Å²) in [5.74, 6) is 0.849. The normalized spacial score (nSPS) is 27.8. The lowest BCUT2D eigenvalue weighted by Crippen LogP contribution is -2.39. The summed E-state index contributed by atoms with van der Waals surface area (Å²) in [4.78, 5) is 6.09. The molecule has 1 aromatic heterocycles. The molecular formula is C17H30N2S. The first-order valence-corrected chi connectivity index (χ1v) is 8.70. The summed E-state index contributed by atoms with van der Waals surface area (Å²) in [5, 5.41) is 1.29. The fraction of sp³-hybridized carbons (Fsp3) is 0.824. The van der Waals surface area contributed by atoms with Crippen LogP contribution in [0, 0.1) is 30.6 Å². The minimum Gasteiger partial charge on any atom is -0.330 e. The first kappa shape index (κ1) is 16.0. The van der Waals surface area contributed by atoms with Crippen LogP contribution >= 0.6 is 11.3 Å². The van der Waals surface area contributed by atoms with Gasteiger partial charge in [0, 0.05) is 11.3 Å². The highest BCUT2D eigenvalue weighted by Crippen LogP contribution is 2.46. The molecule has 0 bridgehead atoms. The predicted molar refractivity (Wildman–Crippen MR) is 88.2 cm³/mol. The van der Waals surface area contributed by atoms with Gasteiger partial charge in [0.2, 0.25) is 0 Å². The van der Waals surface area contributed by atoms with Gasteiger partial charge in [-0.3, -0.25) is 0 Å². The van der Waals surface area contributed by atoms with E-state index in [2.05, 4.69) is 34.6 Å². The van der Waals surface area contributed by atoms with Crippen molar-refractivity contribution >= 4 is 11.3 Å². The Morgan fingerprint density at radius 2 is 1.85 bits per heavy atom. The van der Waals surface area contributed by atoms with Gasteiger partial charge >= 0.3 is 0 Å². The Kier molecular flexibility index (Phi) is 4.60. The minimum atomic E-state index is 0.304. The van der Waals surface area contributed by atoms with Crippen molar-refractivity contribution < 1.29 is 0 Å². The van der Waals surface area contributed by atoms with Gasteiger partial charge in [0.15, 0.2) is 0 Å². The van der Waals surface area contributed by atoms with Crippen molar-refractivity contribution in [2.75, 3.05) is 6.54 Å². The highest BCUT2D eigenvalue weighted by atomic mass is 32.1. The molecule has 0 aliphatic heterocycles. The molecular weight excluding hydrogens is 264 g/mol. The second-order valence-electron chi connectivity index (χ2n) is 7.77. The molecule has 0 amide bonds. The summed E-state index contributed by atoms with van der Waals surface area (Å²) in [6.45, 7) is 12.2. The van der Waals surface area contributed by atoms with Crippen LogP contribution in [0.25, 0.3) is 0 Å². The zero-order chi connectivity index (χ0) is 15.0. The van der Waals surface area contributed by atoms with E-state index in [1.165, 1.54) is 41.3 Å². The monoisotopic (exact) mass is 294 g/mol. The molecule has 1 aromatic rings. The van der Waals surface area contributed by atoms with Gasteiger partial charge in [-0.1, -0.05) is 20.8 Å². The number of hydrogen-bond donors (Lipinski definition) is 1. The second-order valence-corrected chi connectivity index (χ2v) is 9.06. The number of aromatic nitrogens is 1. The van der Waals surface area contributed by atoms with E-state index in [9.17, 15) is 0 Å². The molecule has 3 heteroatoms. The quantitative estimate of drug-likeness (QED) is 0.892. The lowest BCUT2D eigenvalue weighted by molar-refractivity contribution is 0.0926. The average molecular weight is 295 g/mol. The van der Waals surface area contributed by atoms with Crippen molar-refractivity contribution in [1.29, 1.82) is 0 Å². The van der Waals surface area contributed by atoms with Gasteiger partial charge in [-0.25, -0.2) is 4.98 Å². The number of hydrogen-bond acceptors (Lipinski definition) is 3. The number of nitrogens with zero attached hydrogens (tertiary/aromatic N) is 1. The van der Waals surface area contributed by atoms with Gasteiger partial charge in [-0.2, -0.15) is 0 Å². The van der Waals surface area contributed by atoms with E-state index in [4.69, 9.17) is 10.7 Å². The molecule has 0 aromatic carbocycles. The number of rotatable bonds is 3. The van der Waals surface area contributed by atoms with Crippen LogP contribution in [0.2, 0.25) is 0 Å². The Hall–Kier alpha value is -0.410. The van der Waals surface area contributed by atoms with Crippen molar-refractivity contribution in [2.24, 2.45) is 22.5 Å². The van der Waals surface area contributed by atoms with Crippen LogP contribution < -0.4 is 5.73 Å². The Labute approximate surface area is 128 Å². The molecule has 0 unspecified atom stereocenters. The fourth-order valence-electron chi connectivity index (χ4n) is 3.48. The third-order valence-electron chi connectivity index (χ3n) is 5.30. The average Bonchev–Trinajstić information content (AvgIpc) is 2.67. The van der Waals surface area contributed by atoms with E-state index in [0.717, 1.165) is 18.9 Å². The number of nitrogens with two attached hydrogens (primary N) is 1. The molecule has 2 nitrogen and oxygen atoms in total. The SMILES string of the molecule is Cc1nc(CC2(CN)CCC(C(C)(C)C)CC2)sc1C. The molecule has 1 heterocycles. The molecule has 1 saturated carbocycles. The van der Waals surface area contributed by atoms with Crippen LogP contribution in [0.5, 0.6) is 0 Å². The number of thiazole rings is 1. The molecule has 114 valence electrons. The maximum atomic E-state index is 6.16. The lowest BCUT2D eigenvalue weighted by Gasteiger charge is -2.43. The molecule has 1 aliphatic rings. The van der Waals surface area contributed by atoms with Gasteiger partial charge in [0.25, 0.3) is 0 Å². The molecule has 0 saturated heterocycles. The summed E-state index contributed by atoms with van der Waals surface area (Å²) >= 11 is 1.86. The summed E-state index contributed by atoms with van der Waals surface area (Å²) in [6.07, 6.45) is 6.26. The van der Waals surface area contributed by atoms with E-state index in [-0.39, 0.29) is 0 Å². The van der Waals surface area contributed by atoms with E-state index < -0.39 is 0 Å². The topological polar surface area (TPSA) is 38.9 Å². The fourth-order valence-corrected chi connectivity index (χ4v) is 4.59. The van der Waals surface area contributed by atoms with Gasteiger partial charge in [-0.15, -0.1) is 11.3 Å². The third-order valence-corrected chi connectivity index (χ3v) is 6.38. The van der Waals surface area contributed by atoms with Crippen molar-refractivity contribution in [3.05, 3.63) is 15.6 Å². The largest absolute Gasteiger partial charge is 0.330 e. The van der Waals surface area contributed by atoms with Crippen molar-refractivity contribution in [3.63, 3.8) is 0 Å². The Bertz CT molecular complexity index is 429. The van der Waals surface area contributed by atoms with Gasteiger partial charge in [0.1, 0.15) is 0 Å². The van der Waals surface area contributed by atoms with Crippen LogP contribution in [0.3, 0.4) is 0 Å². The third kappa shape index (κ3) is 3.43. The first-order valence-electron chi connectivity index (χ1n) is 7.89. The number of aryl methyl sites for hydroxylation is 2. The van der Waals surface area contributed by atoms with Crippen LogP contribution in [0.1, 0.15) is 62.0 Å². The molecule has 0 atom stereocenters. The Morgan fingerprint density at radius 3 is 2.25 bits per heavy atom. The van der Waals surface area contributed by atoms with Crippen LogP contribution in [-0.2, 0) is 6.42 Å². The summed E-state index contributed by atoms with van der Waals surface area (Å²) < 4.78 is 0. The predicted octanol–water partition coefficient (Wildman–Crippen LogP) is 4.48. The molecule has 0 radical (unpaired) electrons. The standard InChI is InChI=1S/C17H30N2S/c1-12-13(2)20-15(19-12)10-17(11-18)8-6-14(7-9-17)16(3,4)5/h14H,6-11,18H2,1-5H3. The van der Waals surface area contributed by atoms with E-state index in [1.54, 1.807) is 0 Å². The molecule has 2 rings (SSSR count). The first-order chi connectivity index (χ1) is 9.26. The van der Waals surface area contributed by atoms with Crippen molar-refractivity contribution in [3.8, 4) is 0 Å².